The molecule has 0 saturated carbocycles. The summed E-state index contributed by atoms with van der Waals surface area (Å²) in [6.07, 6.45) is 0. The average Bonchev–Trinajstić information content (AvgIpc) is 2.49. The van der Waals surface area contributed by atoms with Crippen molar-refractivity contribution in [3.63, 3.8) is 0 Å². The number of rotatable bonds is 6. The highest BCUT2D eigenvalue weighted by Gasteiger charge is 2.15. The van der Waals surface area contributed by atoms with Gasteiger partial charge in [-0.05, 0) is 20.8 Å². The molecule has 1 heterocycles. The van der Waals surface area contributed by atoms with Crippen molar-refractivity contribution in [1.82, 2.24) is 10.2 Å². The zero-order valence-electron chi connectivity index (χ0n) is 9.70. The van der Waals surface area contributed by atoms with Gasteiger partial charge in [-0.15, -0.1) is 0 Å². The van der Waals surface area contributed by atoms with Gasteiger partial charge in [0.25, 0.3) is 0 Å². The zero-order chi connectivity index (χ0) is 12.2. The highest BCUT2D eigenvalue weighted by atomic mass is 32.2. The van der Waals surface area contributed by atoms with E-state index in [9.17, 15) is 8.42 Å². The first-order valence-corrected chi connectivity index (χ1v) is 6.71. The van der Waals surface area contributed by atoms with Crippen molar-refractivity contribution in [2.75, 3.05) is 23.7 Å². The molecule has 0 aliphatic carbocycles. The Hall–Kier alpha value is -1.08. The summed E-state index contributed by atoms with van der Waals surface area (Å²) in [5.41, 5.74) is 1.87. The number of aromatic amines is 1. The molecule has 0 fully saturated rings. The maximum atomic E-state index is 11.6. The van der Waals surface area contributed by atoms with Gasteiger partial charge in [-0.3, -0.25) is 9.82 Å². The maximum Gasteiger partial charge on any atom is 0.235 e. The Balaban J connectivity index is 2.66. The summed E-state index contributed by atoms with van der Waals surface area (Å²) in [6, 6.07) is 0. The quantitative estimate of drug-likeness (QED) is 0.728. The minimum absolute atomic E-state index is 0.0507. The molecule has 0 aromatic carbocycles. The predicted octanol–water partition coefficient (Wildman–Crippen LogP) is 0.805. The largest absolute Gasteiger partial charge is 0.381 e. The molecular weight excluding hydrogens is 230 g/mol. The number of hydrogen-bond donors (Lipinski definition) is 2. The molecule has 92 valence electrons. The second-order valence-corrected chi connectivity index (χ2v) is 5.27. The number of nitrogens with zero attached hydrogens (tertiary/aromatic N) is 1. The molecule has 0 unspecified atom stereocenters. The fourth-order valence-corrected chi connectivity index (χ4v) is 2.27. The van der Waals surface area contributed by atoms with E-state index in [1.165, 1.54) is 0 Å². The number of aromatic nitrogens is 2. The Labute approximate surface area is 95.4 Å². The third kappa shape index (κ3) is 3.49. The molecule has 0 atom stereocenters. The molecule has 0 radical (unpaired) electrons. The highest BCUT2D eigenvalue weighted by molar-refractivity contribution is 7.92. The number of sulfonamides is 1. The second-order valence-electron chi connectivity index (χ2n) is 3.43. The van der Waals surface area contributed by atoms with E-state index in [-0.39, 0.29) is 12.4 Å². The Kier molecular flexibility index (Phi) is 4.31. The van der Waals surface area contributed by atoms with Crippen LogP contribution in [-0.4, -0.2) is 37.6 Å². The first kappa shape index (κ1) is 13.0. The van der Waals surface area contributed by atoms with Gasteiger partial charge in [-0.2, -0.15) is 5.10 Å². The van der Waals surface area contributed by atoms with Gasteiger partial charge in [0.1, 0.15) is 0 Å². The van der Waals surface area contributed by atoms with Crippen LogP contribution in [0.25, 0.3) is 0 Å². The van der Waals surface area contributed by atoms with Gasteiger partial charge in [0.05, 0.1) is 29.4 Å². The topological polar surface area (TPSA) is 84.1 Å². The summed E-state index contributed by atoms with van der Waals surface area (Å²) in [4.78, 5) is 0. The molecule has 0 aliphatic rings. The second kappa shape index (κ2) is 5.31. The van der Waals surface area contributed by atoms with E-state index in [1.807, 2.05) is 6.92 Å². The monoisotopic (exact) mass is 247 g/mol. The first-order chi connectivity index (χ1) is 7.46. The molecule has 0 spiro atoms. The van der Waals surface area contributed by atoms with E-state index in [1.54, 1.807) is 13.8 Å². The van der Waals surface area contributed by atoms with E-state index in [0.29, 0.717) is 23.7 Å². The third-order valence-electron chi connectivity index (χ3n) is 2.09. The molecule has 16 heavy (non-hydrogen) atoms. The lowest BCUT2D eigenvalue weighted by atomic mass is 10.3. The van der Waals surface area contributed by atoms with Crippen LogP contribution >= 0.6 is 0 Å². The van der Waals surface area contributed by atoms with Crippen molar-refractivity contribution in [2.24, 2.45) is 0 Å². The number of hydrogen-bond acceptors (Lipinski definition) is 4. The lowest BCUT2D eigenvalue weighted by Crippen LogP contribution is -2.20. The average molecular weight is 247 g/mol. The Bertz CT molecular complexity index is 419. The van der Waals surface area contributed by atoms with Crippen molar-refractivity contribution in [3.05, 3.63) is 11.4 Å². The number of anilines is 1. The maximum absolute atomic E-state index is 11.6. The minimum Gasteiger partial charge on any atom is -0.381 e. The van der Waals surface area contributed by atoms with Crippen LogP contribution in [0.2, 0.25) is 0 Å². The van der Waals surface area contributed by atoms with E-state index < -0.39 is 10.0 Å². The van der Waals surface area contributed by atoms with Crippen LogP contribution in [0.1, 0.15) is 18.3 Å². The summed E-state index contributed by atoms with van der Waals surface area (Å²) in [7, 11) is -3.36. The molecule has 0 saturated heterocycles. The normalized spacial score (nSPS) is 11.7. The van der Waals surface area contributed by atoms with Gasteiger partial charge >= 0.3 is 0 Å². The predicted molar refractivity (Wildman–Crippen MR) is 62.0 cm³/mol. The van der Waals surface area contributed by atoms with E-state index in [2.05, 4.69) is 14.9 Å². The van der Waals surface area contributed by atoms with Gasteiger partial charge in [-0.25, -0.2) is 8.42 Å². The lowest BCUT2D eigenvalue weighted by molar-refractivity contribution is 0.163. The Morgan fingerprint density at radius 1 is 1.44 bits per heavy atom. The van der Waals surface area contributed by atoms with Crippen molar-refractivity contribution in [1.29, 1.82) is 0 Å². The molecule has 0 bridgehead atoms. The summed E-state index contributed by atoms with van der Waals surface area (Å²) in [5, 5.41) is 6.63. The van der Waals surface area contributed by atoms with Crippen LogP contribution < -0.4 is 4.72 Å². The Morgan fingerprint density at radius 2 is 2.12 bits per heavy atom. The number of aryl methyl sites for hydroxylation is 2. The molecule has 0 aliphatic heterocycles. The number of ether oxygens (including phenoxy) is 1. The van der Waals surface area contributed by atoms with Gasteiger partial charge in [0, 0.05) is 6.61 Å². The van der Waals surface area contributed by atoms with Gasteiger partial charge < -0.3 is 4.74 Å². The molecule has 7 heteroatoms. The number of nitrogens with one attached hydrogen (secondary N) is 2. The lowest BCUT2D eigenvalue weighted by Gasteiger charge is -2.07. The van der Waals surface area contributed by atoms with E-state index >= 15 is 0 Å². The van der Waals surface area contributed by atoms with Crippen LogP contribution in [0.3, 0.4) is 0 Å². The summed E-state index contributed by atoms with van der Waals surface area (Å²) in [5.74, 6) is -0.0507. The fourth-order valence-electron chi connectivity index (χ4n) is 1.22. The SMILES string of the molecule is CCOCCS(=O)(=O)Nc1c(C)n[nH]c1C. The van der Waals surface area contributed by atoms with Crippen LogP contribution in [0, 0.1) is 13.8 Å². The van der Waals surface area contributed by atoms with Gasteiger partial charge in [0.15, 0.2) is 0 Å². The first-order valence-electron chi connectivity index (χ1n) is 5.06. The molecule has 1 aromatic heterocycles. The van der Waals surface area contributed by atoms with E-state index in [0.717, 1.165) is 0 Å². The molecule has 6 nitrogen and oxygen atoms in total. The fraction of sp³-hybridized carbons (Fsp3) is 0.667. The highest BCUT2D eigenvalue weighted by Crippen LogP contribution is 2.17. The van der Waals surface area contributed by atoms with Crippen LogP contribution in [0.4, 0.5) is 5.69 Å². The van der Waals surface area contributed by atoms with Crippen LogP contribution in [-0.2, 0) is 14.8 Å². The molecular formula is C9H17N3O3S. The Morgan fingerprint density at radius 3 is 2.62 bits per heavy atom. The van der Waals surface area contributed by atoms with Crippen molar-refractivity contribution in [3.8, 4) is 0 Å². The summed E-state index contributed by atoms with van der Waals surface area (Å²) >= 11 is 0. The van der Waals surface area contributed by atoms with Gasteiger partial charge in [-0.1, -0.05) is 0 Å². The zero-order valence-corrected chi connectivity index (χ0v) is 10.5. The molecule has 1 aromatic rings. The number of H-pyrrole nitrogens is 1. The standard InChI is InChI=1S/C9H17N3O3S/c1-4-15-5-6-16(13,14)12-9-7(2)10-11-8(9)3/h12H,4-6H2,1-3H3,(H,10,11). The minimum atomic E-state index is -3.36. The summed E-state index contributed by atoms with van der Waals surface area (Å²) < 4.78 is 30.8. The van der Waals surface area contributed by atoms with Gasteiger partial charge in [0.2, 0.25) is 10.0 Å². The van der Waals surface area contributed by atoms with Crippen molar-refractivity contribution < 1.29 is 13.2 Å². The third-order valence-corrected chi connectivity index (χ3v) is 3.31. The van der Waals surface area contributed by atoms with Crippen LogP contribution in [0.5, 0.6) is 0 Å². The summed E-state index contributed by atoms with van der Waals surface area (Å²) in [6.45, 7) is 6.04. The smallest absolute Gasteiger partial charge is 0.235 e. The van der Waals surface area contributed by atoms with E-state index in [4.69, 9.17) is 4.74 Å². The molecule has 2 N–H and O–H groups in total. The van der Waals surface area contributed by atoms with Crippen molar-refractivity contribution >= 4 is 15.7 Å². The molecule has 1 rings (SSSR count). The van der Waals surface area contributed by atoms with Crippen molar-refractivity contribution in [2.45, 2.75) is 20.8 Å². The molecule has 0 amide bonds. The van der Waals surface area contributed by atoms with Crippen LogP contribution in [0.15, 0.2) is 0 Å².